The third kappa shape index (κ3) is 7.64. The van der Waals surface area contributed by atoms with E-state index in [0.717, 1.165) is 24.8 Å². The van der Waals surface area contributed by atoms with Gasteiger partial charge in [-0.3, -0.25) is 0 Å². The van der Waals surface area contributed by atoms with Crippen LogP contribution in [-0.2, 0) is 11.8 Å². The molecule has 0 spiro atoms. The number of aromatic hydroxyl groups is 2. The summed E-state index contributed by atoms with van der Waals surface area (Å²) in [4.78, 5) is 0. The van der Waals surface area contributed by atoms with Crippen LogP contribution in [0.1, 0.15) is 65.5 Å². The Morgan fingerprint density at radius 1 is 0.800 bits per heavy atom. The van der Waals surface area contributed by atoms with Gasteiger partial charge in [0, 0.05) is 0 Å². The lowest BCUT2D eigenvalue weighted by Gasteiger charge is -2.33. The second-order valence-electron chi connectivity index (χ2n) is 8.55. The molecule has 2 nitrogen and oxygen atoms in total. The van der Waals surface area contributed by atoms with Crippen molar-refractivity contribution < 1.29 is 10.2 Å². The Bertz CT molecular complexity index is 634. The number of hydrogen-bond acceptors (Lipinski definition) is 2. The first-order valence-electron chi connectivity index (χ1n) is 9.11. The smallest absolute Gasteiger partial charge is 0.118 e. The molecule has 2 aromatic carbocycles. The molecule has 0 aliphatic carbocycles. The first kappa shape index (κ1) is 21.1. The monoisotopic (exact) mass is 342 g/mol. The highest BCUT2D eigenvalue weighted by molar-refractivity contribution is 5.32. The molecule has 0 atom stereocenters. The van der Waals surface area contributed by atoms with Gasteiger partial charge in [0.1, 0.15) is 11.5 Å². The molecule has 0 fully saturated rings. The predicted octanol–water partition coefficient (Wildman–Crippen LogP) is 6.45. The highest BCUT2D eigenvalue weighted by atomic mass is 16.3. The van der Waals surface area contributed by atoms with Gasteiger partial charge in [-0.2, -0.15) is 0 Å². The van der Waals surface area contributed by atoms with E-state index in [2.05, 4.69) is 41.5 Å². The van der Waals surface area contributed by atoms with Crippen molar-refractivity contribution in [1.82, 2.24) is 0 Å². The van der Waals surface area contributed by atoms with Crippen LogP contribution in [0.4, 0.5) is 0 Å². The van der Waals surface area contributed by atoms with Gasteiger partial charge in [0.2, 0.25) is 0 Å². The SMILES string of the molecule is CC(C)(C)CC(C)(C)c1ccc(O)cc1.CCCc1ccccc1O. The minimum absolute atomic E-state index is 0.159. The Morgan fingerprint density at radius 2 is 1.36 bits per heavy atom. The van der Waals surface area contributed by atoms with E-state index in [1.54, 1.807) is 18.2 Å². The molecule has 0 radical (unpaired) electrons. The Labute approximate surface area is 153 Å². The van der Waals surface area contributed by atoms with Crippen molar-refractivity contribution in [3.63, 3.8) is 0 Å². The van der Waals surface area contributed by atoms with Crippen molar-refractivity contribution in [2.45, 2.75) is 66.2 Å². The van der Waals surface area contributed by atoms with E-state index in [1.807, 2.05) is 30.3 Å². The van der Waals surface area contributed by atoms with Gasteiger partial charge in [-0.05, 0) is 53.0 Å². The number of phenolic OH excluding ortho intramolecular Hbond substituents is 2. The van der Waals surface area contributed by atoms with Gasteiger partial charge in [-0.25, -0.2) is 0 Å². The lowest BCUT2D eigenvalue weighted by atomic mass is 9.72. The summed E-state index contributed by atoms with van der Waals surface area (Å²) in [6, 6.07) is 15.0. The van der Waals surface area contributed by atoms with Crippen LogP contribution in [0.5, 0.6) is 11.5 Å². The lowest BCUT2D eigenvalue weighted by molar-refractivity contribution is 0.284. The molecule has 0 amide bonds. The van der Waals surface area contributed by atoms with E-state index in [4.69, 9.17) is 0 Å². The number of aryl methyl sites for hydroxylation is 1. The van der Waals surface area contributed by atoms with Crippen molar-refractivity contribution in [1.29, 1.82) is 0 Å². The van der Waals surface area contributed by atoms with Crippen LogP contribution in [0.15, 0.2) is 48.5 Å². The number of hydrogen-bond donors (Lipinski definition) is 2. The highest BCUT2D eigenvalue weighted by Gasteiger charge is 2.26. The molecule has 0 unspecified atom stereocenters. The molecule has 2 rings (SSSR count). The van der Waals surface area contributed by atoms with Crippen LogP contribution >= 0.6 is 0 Å². The zero-order chi connectivity index (χ0) is 19.1. The summed E-state index contributed by atoms with van der Waals surface area (Å²) < 4.78 is 0. The van der Waals surface area contributed by atoms with Crippen molar-refractivity contribution in [3.8, 4) is 11.5 Å². The molecule has 0 bridgehead atoms. The van der Waals surface area contributed by atoms with Crippen LogP contribution in [0.3, 0.4) is 0 Å². The Morgan fingerprint density at radius 3 is 1.84 bits per heavy atom. The van der Waals surface area contributed by atoms with Crippen LogP contribution in [-0.4, -0.2) is 10.2 Å². The van der Waals surface area contributed by atoms with E-state index >= 15 is 0 Å². The van der Waals surface area contributed by atoms with E-state index in [-0.39, 0.29) is 5.41 Å². The second kappa shape index (κ2) is 8.94. The van der Waals surface area contributed by atoms with Gasteiger partial charge in [0.25, 0.3) is 0 Å². The van der Waals surface area contributed by atoms with Crippen molar-refractivity contribution in [2.75, 3.05) is 0 Å². The molecule has 0 heterocycles. The van der Waals surface area contributed by atoms with Crippen molar-refractivity contribution in [3.05, 3.63) is 59.7 Å². The molecule has 138 valence electrons. The van der Waals surface area contributed by atoms with Crippen molar-refractivity contribution >= 4 is 0 Å². The van der Waals surface area contributed by atoms with Crippen molar-refractivity contribution in [2.24, 2.45) is 5.41 Å². The topological polar surface area (TPSA) is 40.5 Å². The zero-order valence-electron chi connectivity index (χ0n) is 16.6. The fraction of sp³-hybridized carbons (Fsp3) is 0.478. The maximum Gasteiger partial charge on any atom is 0.118 e. The van der Waals surface area contributed by atoms with Gasteiger partial charge in [0.05, 0.1) is 0 Å². The normalized spacial score (nSPS) is 11.6. The third-order valence-corrected chi connectivity index (χ3v) is 4.13. The molecule has 0 saturated heterocycles. The standard InChI is InChI=1S/C14H22O.C9H12O/c1-13(2,3)10-14(4,5)11-6-8-12(15)9-7-11;1-2-5-8-6-3-4-7-9(8)10/h6-9,15H,10H2,1-5H3;3-4,6-7,10H,2,5H2,1H3. The summed E-state index contributed by atoms with van der Waals surface area (Å²) in [5, 5.41) is 18.5. The average molecular weight is 343 g/mol. The van der Waals surface area contributed by atoms with Crippen LogP contribution in [0.2, 0.25) is 0 Å². The van der Waals surface area contributed by atoms with Crippen LogP contribution < -0.4 is 0 Å². The van der Waals surface area contributed by atoms with E-state index in [1.165, 1.54) is 5.56 Å². The molecule has 2 heteroatoms. The quantitative estimate of drug-likeness (QED) is 0.670. The maximum absolute atomic E-state index is 9.25. The second-order valence-corrected chi connectivity index (χ2v) is 8.55. The highest BCUT2D eigenvalue weighted by Crippen LogP contribution is 2.36. The van der Waals surface area contributed by atoms with Gasteiger partial charge in [-0.15, -0.1) is 0 Å². The molecule has 2 N–H and O–H groups in total. The van der Waals surface area contributed by atoms with E-state index in [0.29, 0.717) is 16.9 Å². The third-order valence-electron chi connectivity index (χ3n) is 4.13. The molecule has 0 aliphatic heterocycles. The summed E-state index contributed by atoms with van der Waals surface area (Å²) in [5.74, 6) is 0.759. The number of rotatable bonds is 4. The minimum Gasteiger partial charge on any atom is -0.508 e. The summed E-state index contributed by atoms with van der Waals surface area (Å²) in [6.07, 6.45) is 3.18. The molecule has 2 aromatic rings. The first-order chi connectivity index (χ1) is 11.5. The minimum atomic E-state index is 0.159. The summed E-state index contributed by atoms with van der Waals surface area (Å²) in [5.41, 5.74) is 2.81. The maximum atomic E-state index is 9.25. The van der Waals surface area contributed by atoms with Gasteiger partial charge in [0.15, 0.2) is 0 Å². The number of phenols is 2. The molecule has 0 saturated carbocycles. The lowest BCUT2D eigenvalue weighted by Crippen LogP contribution is -2.24. The first-order valence-corrected chi connectivity index (χ1v) is 9.11. The predicted molar refractivity (Wildman–Crippen MR) is 107 cm³/mol. The molecule has 0 aromatic heterocycles. The Hall–Kier alpha value is -1.96. The van der Waals surface area contributed by atoms with Gasteiger partial charge >= 0.3 is 0 Å². The largest absolute Gasteiger partial charge is 0.508 e. The Kier molecular flexibility index (Phi) is 7.54. The van der Waals surface area contributed by atoms with Crippen LogP contribution in [0, 0.1) is 5.41 Å². The zero-order valence-corrected chi connectivity index (χ0v) is 16.6. The number of para-hydroxylation sites is 1. The molecular weight excluding hydrogens is 308 g/mol. The van der Waals surface area contributed by atoms with E-state index in [9.17, 15) is 10.2 Å². The summed E-state index contributed by atoms with van der Waals surface area (Å²) >= 11 is 0. The van der Waals surface area contributed by atoms with E-state index < -0.39 is 0 Å². The fourth-order valence-corrected chi connectivity index (χ4v) is 3.33. The Balaban J connectivity index is 0.000000271. The summed E-state index contributed by atoms with van der Waals surface area (Å²) in [7, 11) is 0. The van der Waals surface area contributed by atoms with Gasteiger partial charge < -0.3 is 10.2 Å². The number of benzene rings is 2. The summed E-state index contributed by atoms with van der Waals surface area (Å²) in [6.45, 7) is 13.4. The van der Waals surface area contributed by atoms with Gasteiger partial charge in [-0.1, -0.05) is 78.3 Å². The average Bonchev–Trinajstić information content (AvgIpc) is 2.48. The fourth-order valence-electron chi connectivity index (χ4n) is 3.33. The van der Waals surface area contributed by atoms with Crippen LogP contribution in [0.25, 0.3) is 0 Å². The molecule has 0 aliphatic rings. The molecular formula is C23H34O2. The molecule has 25 heavy (non-hydrogen) atoms.